The van der Waals surface area contributed by atoms with Crippen LogP contribution in [0, 0.1) is 5.92 Å². The van der Waals surface area contributed by atoms with Crippen molar-refractivity contribution in [3.63, 3.8) is 0 Å². The van der Waals surface area contributed by atoms with Crippen LogP contribution in [-0.2, 0) is 10.2 Å². The molecule has 1 aromatic carbocycles. The van der Waals surface area contributed by atoms with Crippen molar-refractivity contribution in [1.29, 1.82) is 0 Å². The predicted octanol–water partition coefficient (Wildman–Crippen LogP) is 5.04. The molecule has 3 aliphatic carbocycles. The highest BCUT2D eigenvalue weighted by atomic mass is 16.5. The zero-order chi connectivity index (χ0) is 17.3. The van der Waals surface area contributed by atoms with Crippen LogP contribution in [0.1, 0.15) is 74.0 Å². The van der Waals surface area contributed by atoms with Gasteiger partial charge in [-0.2, -0.15) is 0 Å². The van der Waals surface area contributed by atoms with Gasteiger partial charge >= 0.3 is 0 Å². The summed E-state index contributed by atoms with van der Waals surface area (Å²) in [7, 11) is 3.92. The van der Waals surface area contributed by atoms with Crippen LogP contribution in [0.4, 0.5) is 0 Å². The zero-order valence-electron chi connectivity index (χ0n) is 15.9. The van der Waals surface area contributed by atoms with Gasteiger partial charge in [-0.15, -0.1) is 0 Å². The van der Waals surface area contributed by atoms with E-state index in [9.17, 15) is 0 Å². The van der Waals surface area contributed by atoms with Crippen LogP contribution < -0.4 is 5.32 Å². The van der Waals surface area contributed by atoms with E-state index in [1.54, 1.807) is 16.7 Å². The first kappa shape index (κ1) is 17.3. The van der Waals surface area contributed by atoms with Gasteiger partial charge in [0.2, 0.25) is 0 Å². The lowest BCUT2D eigenvalue weighted by molar-refractivity contribution is 0.152. The minimum absolute atomic E-state index is 0.00533. The maximum absolute atomic E-state index is 5.73. The number of likely N-dealkylation sites (N-methyl/N-ethyl adjacent to an activating group) is 1. The molecule has 1 aromatic rings. The molecule has 1 unspecified atom stereocenters. The van der Waals surface area contributed by atoms with Crippen LogP contribution in [0.2, 0.25) is 0 Å². The molecule has 1 N–H and O–H groups in total. The third-order valence-corrected chi connectivity index (χ3v) is 6.84. The molecule has 136 valence electrons. The fourth-order valence-electron chi connectivity index (χ4n) is 5.78. The molecule has 2 saturated carbocycles. The van der Waals surface area contributed by atoms with E-state index in [2.05, 4.69) is 36.6 Å². The Morgan fingerprint density at radius 2 is 1.72 bits per heavy atom. The first-order valence-electron chi connectivity index (χ1n) is 10.3. The van der Waals surface area contributed by atoms with E-state index in [0.29, 0.717) is 0 Å². The van der Waals surface area contributed by atoms with E-state index >= 15 is 0 Å². The van der Waals surface area contributed by atoms with Crippen molar-refractivity contribution in [1.82, 2.24) is 5.32 Å². The Morgan fingerprint density at radius 3 is 2.36 bits per heavy atom. The topological polar surface area (TPSA) is 21.3 Å². The summed E-state index contributed by atoms with van der Waals surface area (Å²) >= 11 is 0. The number of allylic oxidation sites excluding steroid dienone is 1. The molecule has 1 atom stereocenters. The van der Waals surface area contributed by atoms with E-state index in [1.807, 2.05) is 7.11 Å². The predicted molar refractivity (Wildman–Crippen MR) is 105 cm³/mol. The van der Waals surface area contributed by atoms with Gasteiger partial charge in [-0.1, -0.05) is 50.0 Å². The molecule has 0 aliphatic heterocycles. The first-order chi connectivity index (χ1) is 12.3. The largest absolute Gasteiger partial charge is 0.383 e. The number of ether oxygens (including phenoxy) is 1. The summed E-state index contributed by atoms with van der Waals surface area (Å²) in [5, 5.41) is 3.45. The van der Waals surface area contributed by atoms with Crippen molar-refractivity contribution in [2.24, 2.45) is 5.92 Å². The summed E-state index contributed by atoms with van der Waals surface area (Å²) in [6.45, 7) is 1.73. The number of benzene rings is 1. The Labute approximate surface area is 153 Å². The highest BCUT2D eigenvalue weighted by Gasteiger charge is 2.42. The number of rotatable bonds is 6. The third kappa shape index (κ3) is 2.98. The van der Waals surface area contributed by atoms with Crippen molar-refractivity contribution in [2.75, 3.05) is 27.3 Å². The molecule has 0 aromatic heterocycles. The Hall–Kier alpha value is -1.12. The summed E-state index contributed by atoms with van der Waals surface area (Å²) in [4.78, 5) is 0. The minimum Gasteiger partial charge on any atom is -0.383 e. The van der Waals surface area contributed by atoms with Gasteiger partial charge in [0.05, 0.1) is 12.0 Å². The Bertz CT molecular complexity index is 629. The molecule has 0 heterocycles. The second-order valence-corrected chi connectivity index (χ2v) is 8.45. The van der Waals surface area contributed by atoms with Gasteiger partial charge in [0, 0.05) is 13.7 Å². The van der Waals surface area contributed by atoms with Crippen LogP contribution in [-0.4, -0.2) is 27.3 Å². The monoisotopic (exact) mass is 339 g/mol. The summed E-state index contributed by atoms with van der Waals surface area (Å²) in [5.41, 5.74) is 6.44. The van der Waals surface area contributed by atoms with Gasteiger partial charge in [-0.05, 0) is 66.8 Å². The molecule has 0 spiro atoms. The van der Waals surface area contributed by atoms with E-state index in [0.717, 1.165) is 25.0 Å². The highest BCUT2D eigenvalue weighted by molar-refractivity contribution is 5.81. The van der Waals surface area contributed by atoms with E-state index in [-0.39, 0.29) is 5.41 Å². The molecule has 0 bridgehead atoms. The second kappa shape index (κ2) is 7.25. The van der Waals surface area contributed by atoms with Crippen molar-refractivity contribution in [2.45, 2.75) is 62.7 Å². The Morgan fingerprint density at radius 1 is 1.04 bits per heavy atom. The van der Waals surface area contributed by atoms with E-state index in [4.69, 9.17) is 4.74 Å². The maximum atomic E-state index is 5.73. The number of hydrogen-bond acceptors (Lipinski definition) is 2. The first-order valence-corrected chi connectivity index (χ1v) is 10.3. The fourth-order valence-corrected chi connectivity index (χ4v) is 5.78. The lowest BCUT2D eigenvalue weighted by Gasteiger charge is -2.29. The van der Waals surface area contributed by atoms with Gasteiger partial charge in [0.15, 0.2) is 0 Å². The molecule has 2 nitrogen and oxygen atoms in total. The standard InChI is InChI=1S/C23H33NO/c1-24-15-23(16-25-2)14-20(18-10-5-6-11-18)22-19(12-7-13-21(22)23)17-8-3-4-9-17/h7,12-14,17-18,24H,3-6,8-11,15-16H2,1-2H3. The van der Waals surface area contributed by atoms with Crippen LogP contribution in [0.25, 0.3) is 5.57 Å². The lowest BCUT2D eigenvalue weighted by Crippen LogP contribution is -2.38. The molecular weight excluding hydrogens is 306 g/mol. The normalized spacial score (nSPS) is 27.0. The number of methoxy groups -OCH3 is 1. The second-order valence-electron chi connectivity index (χ2n) is 8.45. The molecule has 3 aliphatic rings. The van der Waals surface area contributed by atoms with Gasteiger partial charge < -0.3 is 10.1 Å². The van der Waals surface area contributed by atoms with Gasteiger partial charge in [-0.3, -0.25) is 0 Å². The smallest absolute Gasteiger partial charge is 0.0606 e. The summed E-state index contributed by atoms with van der Waals surface area (Å²) < 4.78 is 5.73. The molecule has 2 fully saturated rings. The van der Waals surface area contributed by atoms with Gasteiger partial charge in [0.25, 0.3) is 0 Å². The Kier molecular flexibility index (Phi) is 5.01. The van der Waals surface area contributed by atoms with Crippen molar-refractivity contribution in [3.8, 4) is 0 Å². The summed E-state index contributed by atoms with van der Waals surface area (Å²) in [6, 6.07) is 7.11. The SMILES string of the molecule is CNCC1(COC)C=C(C2CCCC2)c2c(C3CCCC3)cccc21. The van der Waals surface area contributed by atoms with E-state index in [1.165, 1.54) is 56.9 Å². The van der Waals surface area contributed by atoms with Gasteiger partial charge in [-0.25, -0.2) is 0 Å². The van der Waals surface area contributed by atoms with Crippen molar-refractivity contribution in [3.05, 3.63) is 41.0 Å². The van der Waals surface area contributed by atoms with Crippen LogP contribution in [0.3, 0.4) is 0 Å². The molecule has 0 amide bonds. The molecule has 0 radical (unpaired) electrons. The summed E-state index contributed by atoms with van der Waals surface area (Å²) in [6.07, 6.45) is 13.7. The van der Waals surface area contributed by atoms with Crippen LogP contribution in [0.15, 0.2) is 24.3 Å². The lowest BCUT2D eigenvalue weighted by atomic mass is 9.80. The molecule has 0 saturated heterocycles. The number of hydrogen-bond donors (Lipinski definition) is 1. The summed E-state index contributed by atoms with van der Waals surface area (Å²) in [5.74, 6) is 1.53. The number of fused-ring (bicyclic) bond motifs is 1. The molecule has 4 rings (SSSR count). The maximum Gasteiger partial charge on any atom is 0.0606 e. The average Bonchev–Trinajstić information content (AvgIpc) is 3.36. The minimum atomic E-state index is 0.00533. The molecular formula is C23H33NO. The Balaban J connectivity index is 1.85. The van der Waals surface area contributed by atoms with Crippen LogP contribution >= 0.6 is 0 Å². The quantitative estimate of drug-likeness (QED) is 0.784. The molecule has 2 heteroatoms. The van der Waals surface area contributed by atoms with Crippen molar-refractivity contribution < 1.29 is 4.74 Å². The van der Waals surface area contributed by atoms with Gasteiger partial charge in [0.1, 0.15) is 0 Å². The average molecular weight is 340 g/mol. The number of nitrogens with one attached hydrogen (secondary N) is 1. The highest BCUT2D eigenvalue weighted by Crippen LogP contribution is 2.51. The molecule has 25 heavy (non-hydrogen) atoms. The van der Waals surface area contributed by atoms with Crippen molar-refractivity contribution >= 4 is 5.57 Å². The van der Waals surface area contributed by atoms with Crippen LogP contribution in [0.5, 0.6) is 0 Å². The fraction of sp³-hybridized carbons (Fsp3) is 0.652. The van der Waals surface area contributed by atoms with E-state index < -0.39 is 0 Å². The zero-order valence-corrected chi connectivity index (χ0v) is 15.9. The third-order valence-electron chi connectivity index (χ3n) is 6.84.